The highest BCUT2D eigenvalue weighted by Gasteiger charge is 2.24. The number of pyridine rings is 1. The predicted molar refractivity (Wildman–Crippen MR) is 97.1 cm³/mol. The lowest BCUT2D eigenvalue weighted by molar-refractivity contribution is 0.0520. The molecule has 134 valence electrons. The predicted octanol–water partition coefficient (Wildman–Crippen LogP) is 2.75. The third kappa shape index (κ3) is 3.03. The largest absolute Gasteiger partial charge is 0.506 e. The number of hydrogen-bond acceptors (Lipinski definition) is 6. The summed E-state index contributed by atoms with van der Waals surface area (Å²) in [6, 6.07) is 9.33. The zero-order chi connectivity index (χ0) is 18.7. The molecule has 0 saturated carbocycles. The van der Waals surface area contributed by atoms with Gasteiger partial charge < -0.3 is 9.84 Å². The first kappa shape index (κ1) is 17.6. The van der Waals surface area contributed by atoms with Crippen LogP contribution < -0.4 is 5.56 Å². The Balaban J connectivity index is 2.30. The van der Waals surface area contributed by atoms with E-state index in [0.717, 1.165) is 5.56 Å². The van der Waals surface area contributed by atoms with Crippen LogP contribution in [0.25, 0.3) is 22.4 Å². The minimum atomic E-state index is -0.853. The second-order valence-electron chi connectivity index (χ2n) is 5.70. The summed E-state index contributed by atoms with van der Waals surface area (Å²) in [7, 11) is 0. The summed E-state index contributed by atoms with van der Waals surface area (Å²) in [6.45, 7) is 4.00. The van der Waals surface area contributed by atoms with Gasteiger partial charge in [-0.3, -0.25) is 9.36 Å². The van der Waals surface area contributed by atoms with Crippen molar-refractivity contribution in [2.45, 2.75) is 26.8 Å². The molecule has 0 radical (unpaired) electrons. The number of rotatable bonds is 5. The highest BCUT2D eigenvalue weighted by atomic mass is 16.5. The molecule has 0 unspecified atom stereocenters. The first-order valence-electron chi connectivity index (χ1n) is 8.43. The van der Waals surface area contributed by atoms with Crippen LogP contribution in [0.1, 0.15) is 30.6 Å². The van der Waals surface area contributed by atoms with Crippen LogP contribution in [0.2, 0.25) is 0 Å². The molecule has 0 amide bonds. The van der Waals surface area contributed by atoms with Crippen molar-refractivity contribution < 1.29 is 14.6 Å². The molecule has 0 aliphatic heterocycles. The second kappa shape index (κ2) is 7.35. The van der Waals surface area contributed by atoms with Crippen molar-refractivity contribution in [3.05, 3.63) is 52.4 Å². The van der Waals surface area contributed by atoms with E-state index in [1.165, 1.54) is 10.8 Å². The van der Waals surface area contributed by atoms with E-state index in [0.29, 0.717) is 18.8 Å². The number of hydrogen-bond donors (Lipinski definition) is 1. The lowest BCUT2D eigenvalue weighted by Crippen LogP contribution is -2.28. The van der Waals surface area contributed by atoms with Gasteiger partial charge in [0.1, 0.15) is 5.75 Å². The summed E-state index contributed by atoms with van der Waals surface area (Å²) in [5, 5.41) is 10.7. The molecule has 2 aromatic heterocycles. The van der Waals surface area contributed by atoms with E-state index < -0.39 is 17.3 Å². The monoisotopic (exact) mass is 353 g/mol. The lowest BCUT2D eigenvalue weighted by Gasteiger charge is -2.13. The van der Waals surface area contributed by atoms with Gasteiger partial charge in [-0.25, -0.2) is 14.8 Å². The molecule has 7 nitrogen and oxygen atoms in total. The molecule has 0 aliphatic carbocycles. The maximum atomic E-state index is 12.8. The highest BCUT2D eigenvalue weighted by Crippen LogP contribution is 2.27. The van der Waals surface area contributed by atoms with E-state index >= 15 is 0 Å². The van der Waals surface area contributed by atoms with Crippen LogP contribution in [-0.4, -0.2) is 32.2 Å². The molecule has 0 fully saturated rings. The number of nitrogens with zero attached hydrogens (tertiary/aromatic N) is 3. The molecule has 3 aromatic rings. The molecule has 0 saturated heterocycles. The van der Waals surface area contributed by atoms with Gasteiger partial charge in [-0.05, 0) is 13.3 Å². The van der Waals surface area contributed by atoms with Gasteiger partial charge in [0.25, 0.3) is 5.56 Å². The van der Waals surface area contributed by atoms with Crippen LogP contribution in [0.3, 0.4) is 0 Å². The Morgan fingerprint density at radius 1 is 1.23 bits per heavy atom. The quantitative estimate of drug-likeness (QED) is 0.709. The number of aromatic nitrogens is 3. The van der Waals surface area contributed by atoms with Crippen LogP contribution in [0.5, 0.6) is 5.75 Å². The summed E-state index contributed by atoms with van der Waals surface area (Å²) < 4.78 is 6.30. The number of benzene rings is 1. The fourth-order valence-corrected chi connectivity index (χ4v) is 2.76. The van der Waals surface area contributed by atoms with E-state index in [-0.39, 0.29) is 23.2 Å². The first-order chi connectivity index (χ1) is 12.6. The van der Waals surface area contributed by atoms with Gasteiger partial charge in [-0.15, -0.1) is 0 Å². The van der Waals surface area contributed by atoms with Crippen molar-refractivity contribution in [3.8, 4) is 17.1 Å². The average molecular weight is 353 g/mol. The van der Waals surface area contributed by atoms with Crippen molar-refractivity contribution in [2.75, 3.05) is 6.61 Å². The Bertz CT molecular complexity index is 1010. The fraction of sp³-hybridized carbons (Fsp3) is 0.263. The van der Waals surface area contributed by atoms with E-state index in [9.17, 15) is 14.7 Å². The van der Waals surface area contributed by atoms with Crippen molar-refractivity contribution in [1.29, 1.82) is 0 Å². The van der Waals surface area contributed by atoms with Crippen LogP contribution in [0.4, 0.5) is 0 Å². The molecule has 0 spiro atoms. The van der Waals surface area contributed by atoms with E-state index in [4.69, 9.17) is 4.74 Å². The Morgan fingerprint density at radius 3 is 2.62 bits per heavy atom. The topological polar surface area (TPSA) is 94.3 Å². The van der Waals surface area contributed by atoms with Gasteiger partial charge >= 0.3 is 5.97 Å². The Labute approximate surface area is 149 Å². The van der Waals surface area contributed by atoms with Gasteiger partial charge in [-0.2, -0.15) is 0 Å². The number of esters is 1. The second-order valence-corrected chi connectivity index (χ2v) is 5.70. The van der Waals surface area contributed by atoms with Crippen LogP contribution in [-0.2, 0) is 11.3 Å². The summed E-state index contributed by atoms with van der Waals surface area (Å²) in [5.74, 6) is -0.866. The highest BCUT2D eigenvalue weighted by molar-refractivity contribution is 5.98. The smallest absolute Gasteiger partial charge is 0.347 e. The van der Waals surface area contributed by atoms with Crippen molar-refractivity contribution in [3.63, 3.8) is 0 Å². The van der Waals surface area contributed by atoms with Crippen molar-refractivity contribution in [2.24, 2.45) is 0 Å². The minimum Gasteiger partial charge on any atom is -0.506 e. The van der Waals surface area contributed by atoms with Crippen molar-refractivity contribution in [1.82, 2.24) is 14.5 Å². The number of carbonyl (C=O) groups excluding carboxylic acids is 1. The van der Waals surface area contributed by atoms with Crippen LogP contribution in [0.15, 0.2) is 41.3 Å². The molecule has 0 aliphatic rings. The van der Waals surface area contributed by atoms with Crippen molar-refractivity contribution >= 4 is 17.0 Å². The minimum absolute atomic E-state index is 0.104. The SMILES string of the molecule is CCCn1c(=O)c(C(=O)OCC)c(O)c2cnc(-c3ccccc3)nc21. The molecule has 0 atom stereocenters. The van der Waals surface area contributed by atoms with Gasteiger partial charge in [0.05, 0.1) is 12.0 Å². The molecule has 1 aromatic carbocycles. The van der Waals surface area contributed by atoms with Crippen LogP contribution >= 0.6 is 0 Å². The van der Waals surface area contributed by atoms with Crippen LogP contribution in [0, 0.1) is 0 Å². The first-order valence-corrected chi connectivity index (χ1v) is 8.43. The molecular formula is C19H19N3O4. The van der Waals surface area contributed by atoms with Gasteiger partial charge in [0.2, 0.25) is 0 Å². The summed E-state index contributed by atoms with van der Waals surface area (Å²) in [4.78, 5) is 33.7. The third-order valence-corrected chi connectivity index (χ3v) is 3.93. The number of fused-ring (bicyclic) bond motifs is 1. The van der Waals surface area contributed by atoms with E-state index in [1.54, 1.807) is 6.92 Å². The molecule has 2 heterocycles. The van der Waals surface area contributed by atoms with Gasteiger partial charge in [0.15, 0.2) is 17.0 Å². The summed E-state index contributed by atoms with van der Waals surface area (Å²) in [6.07, 6.45) is 2.08. The fourth-order valence-electron chi connectivity index (χ4n) is 2.76. The summed E-state index contributed by atoms with van der Waals surface area (Å²) in [5.41, 5.74) is 0.0759. The molecule has 26 heavy (non-hydrogen) atoms. The molecule has 1 N–H and O–H groups in total. The maximum Gasteiger partial charge on any atom is 0.347 e. The van der Waals surface area contributed by atoms with Gasteiger partial charge in [-0.1, -0.05) is 37.3 Å². The molecule has 3 rings (SSSR count). The van der Waals surface area contributed by atoms with E-state index in [2.05, 4.69) is 9.97 Å². The Hall–Kier alpha value is -3.22. The number of aryl methyl sites for hydroxylation is 1. The Morgan fingerprint density at radius 2 is 1.96 bits per heavy atom. The molecular weight excluding hydrogens is 334 g/mol. The third-order valence-electron chi connectivity index (χ3n) is 3.93. The molecule has 7 heteroatoms. The van der Waals surface area contributed by atoms with E-state index in [1.807, 2.05) is 37.3 Å². The standard InChI is InChI=1S/C19H19N3O4/c1-3-10-22-17-13(15(23)14(18(22)24)19(25)26-4-2)11-20-16(21-17)12-8-6-5-7-9-12/h5-9,11,23H,3-4,10H2,1-2H3. The number of carbonyl (C=O) groups is 1. The maximum absolute atomic E-state index is 12.8. The molecule has 0 bridgehead atoms. The van der Waals surface area contributed by atoms with Gasteiger partial charge in [0, 0.05) is 18.3 Å². The summed E-state index contributed by atoms with van der Waals surface area (Å²) >= 11 is 0. The zero-order valence-electron chi connectivity index (χ0n) is 14.6. The number of aromatic hydroxyl groups is 1. The zero-order valence-corrected chi connectivity index (χ0v) is 14.6. The lowest BCUT2D eigenvalue weighted by atomic mass is 10.1. The average Bonchev–Trinajstić information content (AvgIpc) is 2.66. The Kier molecular flexibility index (Phi) is 4.97. The normalized spacial score (nSPS) is 10.8. The number of ether oxygens (including phenoxy) is 1.